The van der Waals surface area contributed by atoms with E-state index in [2.05, 4.69) is 16.0 Å². The molecule has 3 N–H and O–H groups in total. The molecule has 1 aliphatic heterocycles. The van der Waals surface area contributed by atoms with Gasteiger partial charge < -0.3 is 16.0 Å². The van der Waals surface area contributed by atoms with Crippen molar-refractivity contribution in [3.8, 4) is 0 Å². The zero-order valence-corrected chi connectivity index (χ0v) is 13.9. The van der Waals surface area contributed by atoms with Crippen LogP contribution in [0.25, 0.3) is 0 Å². The van der Waals surface area contributed by atoms with Crippen LogP contribution >= 0.6 is 11.6 Å². The summed E-state index contributed by atoms with van der Waals surface area (Å²) in [4.78, 5) is 23.3. The predicted octanol–water partition coefficient (Wildman–Crippen LogP) is 0.443. The van der Waals surface area contributed by atoms with Crippen molar-refractivity contribution in [3.05, 3.63) is 34.9 Å². The summed E-state index contributed by atoms with van der Waals surface area (Å²) in [5, 5.41) is 8.14. The van der Waals surface area contributed by atoms with Gasteiger partial charge in [0.15, 0.2) is 9.84 Å². The highest BCUT2D eigenvalue weighted by Gasteiger charge is 2.28. The molecule has 3 amide bonds. The first-order valence-corrected chi connectivity index (χ1v) is 9.30. The molecule has 0 radical (unpaired) electrons. The minimum atomic E-state index is -3.05. The van der Waals surface area contributed by atoms with Crippen LogP contribution in [0.15, 0.2) is 24.3 Å². The molecule has 0 spiro atoms. The standard InChI is InChI=1S/C14H18ClN3O4S/c15-12-4-2-1-3-10(12)7-16-13(19)8-17-14(20)18-11-5-6-23(21,22)9-11/h1-4,11H,5-9H2,(H,16,19)(H2,17,18,20)/t11-/m1/s1. The Morgan fingerprint density at radius 1 is 1.22 bits per heavy atom. The van der Waals surface area contributed by atoms with E-state index in [4.69, 9.17) is 11.6 Å². The molecule has 1 heterocycles. The molecule has 7 nitrogen and oxygen atoms in total. The maximum atomic E-state index is 11.7. The van der Waals surface area contributed by atoms with Gasteiger partial charge in [-0.25, -0.2) is 13.2 Å². The minimum Gasteiger partial charge on any atom is -0.350 e. The lowest BCUT2D eigenvalue weighted by molar-refractivity contribution is -0.120. The molecule has 0 aliphatic carbocycles. The van der Waals surface area contributed by atoms with Gasteiger partial charge in [0.2, 0.25) is 5.91 Å². The van der Waals surface area contributed by atoms with Crippen LogP contribution in [0.2, 0.25) is 5.02 Å². The second kappa shape index (κ2) is 7.65. The number of benzene rings is 1. The fourth-order valence-electron chi connectivity index (χ4n) is 2.20. The van der Waals surface area contributed by atoms with Crippen LogP contribution in [0.3, 0.4) is 0 Å². The average Bonchev–Trinajstić information content (AvgIpc) is 2.83. The Morgan fingerprint density at radius 2 is 1.96 bits per heavy atom. The summed E-state index contributed by atoms with van der Waals surface area (Å²) in [6, 6.07) is 6.18. The number of hydrogen-bond donors (Lipinski definition) is 3. The fourth-order valence-corrected chi connectivity index (χ4v) is 4.08. The topological polar surface area (TPSA) is 104 Å². The van der Waals surface area contributed by atoms with Crippen LogP contribution in [0.1, 0.15) is 12.0 Å². The summed E-state index contributed by atoms with van der Waals surface area (Å²) in [6.45, 7) is 0.0679. The van der Waals surface area contributed by atoms with Crippen molar-refractivity contribution in [1.82, 2.24) is 16.0 Å². The molecule has 126 valence electrons. The van der Waals surface area contributed by atoms with Crippen molar-refractivity contribution in [1.29, 1.82) is 0 Å². The molecular weight excluding hydrogens is 342 g/mol. The smallest absolute Gasteiger partial charge is 0.315 e. The van der Waals surface area contributed by atoms with Gasteiger partial charge in [0.25, 0.3) is 0 Å². The van der Waals surface area contributed by atoms with E-state index in [1.807, 2.05) is 6.07 Å². The van der Waals surface area contributed by atoms with Gasteiger partial charge in [-0.05, 0) is 18.1 Å². The lowest BCUT2D eigenvalue weighted by Crippen LogP contribution is -2.46. The SMILES string of the molecule is O=C(CNC(=O)N[C@@H]1CCS(=O)(=O)C1)NCc1ccccc1Cl. The number of amides is 3. The van der Waals surface area contributed by atoms with E-state index < -0.39 is 21.9 Å². The Kier molecular flexibility index (Phi) is 5.84. The molecule has 1 fully saturated rings. The largest absolute Gasteiger partial charge is 0.350 e. The molecule has 1 saturated heterocycles. The molecule has 2 rings (SSSR count). The van der Waals surface area contributed by atoms with Crippen LogP contribution in [0, 0.1) is 0 Å². The van der Waals surface area contributed by atoms with E-state index in [0.29, 0.717) is 11.4 Å². The van der Waals surface area contributed by atoms with Gasteiger partial charge in [-0.3, -0.25) is 4.79 Å². The number of carbonyl (C=O) groups excluding carboxylic acids is 2. The Labute approximate surface area is 139 Å². The number of rotatable bonds is 5. The van der Waals surface area contributed by atoms with Crippen molar-refractivity contribution < 1.29 is 18.0 Å². The Morgan fingerprint density at radius 3 is 2.61 bits per heavy atom. The van der Waals surface area contributed by atoms with Crippen LogP contribution in [0.5, 0.6) is 0 Å². The second-order valence-electron chi connectivity index (χ2n) is 5.30. The average molecular weight is 360 g/mol. The lowest BCUT2D eigenvalue weighted by atomic mass is 10.2. The Hall–Kier alpha value is -1.80. The molecule has 1 aromatic carbocycles. The first-order valence-electron chi connectivity index (χ1n) is 7.10. The summed E-state index contributed by atoms with van der Waals surface area (Å²) in [5.41, 5.74) is 0.781. The van der Waals surface area contributed by atoms with Crippen molar-refractivity contribution in [2.75, 3.05) is 18.1 Å². The number of hydrogen-bond acceptors (Lipinski definition) is 4. The Bertz CT molecular complexity index is 693. The molecule has 0 saturated carbocycles. The lowest BCUT2D eigenvalue weighted by Gasteiger charge is -2.12. The van der Waals surface area contributed by atoms with Gasteiger partial charge in [-0.1, -0.05) is 29.8 Å². The van der Waals surface area contributed by atoms with Gasteiger partial charge in [0.05, 0.1) is 18.1 Å². The van der Waals surface area contributed by atoms with E-state index in [9.17, 15) is 18.0 Å². The number of sulfone groups is 1. The molecule has 0 unspecified atom stereocenters. The second-order valence-corrected chi connectivity index (χ2v) is 7.93. The van der Waals surface area contributed by atoms with Crippen molar-refractivity contribution in [2.45, 2.75) is 19.0 Å². The molecule has 23 heavy (non-hydrogen) atoms. The molecule has 1 atom stereocenters. The summed E-state index contributed by atoms with van der Waals surface area (Å²) < 4.78 is 22.6. The summed E-state index contributed by atoms with van der Waals surface area (Å²) >= 11 is 5.97. The summed E-state index contributed by atoms with van der Waals surface area (Å²) in [6.07, 6.45) is 0.397. The maximum Gasteiger partial charge on any atom is 0.315 e. The molecule has 9 heteroatoms. The first kappa shape index (κ1) is 17.6. The fraction of sp³-hybridized carbons (Fsp3) is 0.429. The third-order valence-corrected chi connectivity index (χ3v) is 5.55. The highest BCUT2D eigenvalue weighted by Crippen LogP contribution is 2.14. The van der Waals surface area contributed by atoms with E-state index >= 15 is 0 Å². The third kappa shape index (κ3) is 5.72. The van der Waals surface area contributed by atoms with Gasteiger partial charge in [0.1, 0.15) is 0 Å². The van der Waals surface area contributed by atoms with Crippen LogP contribution in [-0.2, 0) is 21.2 Å². The van der Waals surface area contributed by atoms with Crippen molar-refractivity contribution in [3.63, 3.8) is 0 Å². The molecule has 0 aromatic heterocycles. The number of carbonyl (C=O) groups is 2. The van der Waals surface area contributed by atoms with Gasteiger partial charge >= 0.3 is 6.03 Å². The quantitative estimate of drug-likeness (QED) is 0.709. The van der Waals surface area contributed by atoms with Crippen LogP contribution < -0.4 is 16.0 Å². The van der Waals surface area contributed by atoms with E-state index in [0.717, 1.165) is 5.56 Å². The molecule has 0 bridgehead atoms. The Balaban J connectivity index is 1.68. The van der Waals surface area contributed by atoms with Gasteiger partial charge in [0, 0.05) is 17.6 Å². The summed E-state index contributed by atoms with van der Waals surface area (Å²) in [5.74, 6) is -0.339. The zero-order valence-electron chi connectivity index (χ0n) is 12.3. The van der Waals surface area contributed by atoms with E-state index in [1.54, 1.807) is 18.2 Å². The zero-order chi connectivity index (χ0) is 16.9. The number of nitrogens with one attached hydrogen (secondary N) is 3. The number of urea groups is 1. The third-order valence-electron chi connectivity index (χ3n) is 3.41. The monoisotopic (exact) mass is 359 g/mol. The molecule has 1 aliphatic rings. The van der Waals surface area contributed by atoms with Crippen molar-refractivity contribution in [2.24, 2.45) is 0 Å². The molecular formula is C14H18ClN3O4S. The minimum absolute atomic E-state index is 0.0564. The van der Waals surface area contributed by atoms with E-state index in [1.165, 1.54) is 0 Å². The highest BCUT2D eigenvalue weighted by molar-refractivity contribution is 7.91. The van der Waals surface area contributed by atoms with E-state index in [-0.39, 0.29) is 30.5 Å². The highest BCUT2D eigenvalue weighted by atomic mass is 35.5. The summed E-state index contributed by atoms with van der Waals surface area (Å²) in [7, 11) is -3.05. The van der Waals surface area contributed by atoms with Gasteiger partial charge in [-0.2, -0.15) is 0 Å². The first-order chi connectivity index (χ1) is 10.9. The predicted molar refractivity (Wildman–Crippen MR) is 86.9 cm³/mol. The molecule has 1 aromatic rings. The van der Waals surface area contributed by atoms with Crippen molar-refractivity contribution >= 4 is 33.4 Å². The van der Waals surface area contributed by atoms with Crippen LogP contribution in [0.4, 0.5) is 4.79 Å². The van der Waals surface area contributed by atoms with Gasteiger partial charge in [-0.15, -0.1) is 0 Å². The normalized spacial score (nSPS) is 19.1. The number of halogens is 1. The maximum absolute atomic E-state index is 11.7. The van der Waals surface area contributed by atoms with Crippen LogP contribution in [-0.4, -0.2) is 44.4 Å².